The van der Waals surface area contributed by atoms with Crippen molar-refractivity contribution in [2.75, 3.05) is 17.6 Å². The summed E-state index contributed by atoms with van der Waals surface area (Å²) < 4.78 is 0. The molecule has 0 aliphatic carbocycles. The van der Waals surface area contributed by atoms with Crippen LogP contribution in [0.5, 0.6) is 0 Å². The van der Waals surface area contributed by atoms with Crippen LogP contribution < -0.4 is 11.1 Å². The first kappa shape index (κ1) is 10.5. The molecule has 0 spiro atoms. The summed E-state index contributed by atoms with van der Waals surface area (Å²) in [5, 5.41) is 11.4. The van der Waals surface area contributed by atoms with E-state index in [1.165, 1.54) is 6.07 Å². The van der Waals surface area contributed by atoms with Gasteiger partial charge in [0.15, 0.2) is 0 Å². The van der Waals surface area contributed by atoms with Crippen molar-refractivity contribution in [1.82, 2.24) is 9.97 Å². The van der Waals surface area contributed by atoms with Crippen molar-refractivity contribution in [2.24, 2.45) is 0 Å². The molecule has 0 aromatic carbocycles. The van der Waals surface area contributed by atoms with E-state index in [0.717, 1.165) is 0 Å². The highest BCUT2D eigenvalue weighted by atomic mass is 35.5. The van der Waals surface area contributed by atoms with Gasteiger partial charge in [0.1, 0.15) is 11.0 Å². The van der Waals surface area contributed by atoms with E-state index in [2.05, 4.69) is 15.3 Å². The van der Waals surface area contributed by atoms with Crippen LogP contribution in [0.25, 0.3) is 0 Å². The van der Waals surface area contributed by atoms with Crippen molar-refractivity contribution < 1.29 is 9.90 Å². The summed E-state index contributed by atoms with van der Waals surface area (Å²) in [6.45, 7) is 0.266. The maximum Gasteiger partial charge on any atom is 0.305 e. The van der Waals surface area contributed by atoms with E-state index < -0.39 is 5.97 Å². The molecule has 0 saturated heterocycles. The number of rotatable bonds is 4. The molecule has 76 valence electrons. The Kier molecular flexibility index (Phi) is 3.47. The molecular weight excluding hydrogens is 208 g/mol. The standard InChI is InChI=1S/C7H9ClN4O2/c8-4-3-5(12-7(9)11-4)10-2-1-6(13)14/h3H,1-2H2,(H,13,14)(H3,9,10,11,12). The van der Waals surface area contributed by atoms with E-state index in [1.807, 2.05) is 0 Å². The first-order chi connectivity index (χ1) is 6.58. The second kappa shape index (κ2) is 4.61. The number of carboxylic acid groups (broad SMARTS) is 1. The SMILES string of the molecule is Nc1nc(Cl)cc(NCCC(=O)O)n1. The van der Waals surface area contributed by atoms with Gasteiger partial charge in [-0.25, -0.2) is 4.98 Å². The predicted molar refractivity (Wildman–Crippen MR) is 52.2 cm³/mol. The molecule has 0 aliphatic heterocycles. The summed E-state index contributed by atoms with van der Waals surface area (Å²) in [5.41, 5.74) is 5.33. The van der Waals surface area contributed by atoms with E-state index in [1.54, 1.807) is 0 Å². The number of hydrogen-bond acceptors (Lipinski definition) is 5. The van der Waals surface area contributed by atoms with Crippen LogP contribution in [0.1, 0.15) is 6.42 Å². The average molecular weight is 217 g/mol. The third-order valence-electron chi connectivity index (χ3n) is 1.36. The molecule has 14 heavy (non-hydrogen) atoms. The first-order valence-electron chi connectivity index (χ1n) is 3.83. The van der Waals surface area contributed by atoms with E-state index in [4.69, 9.17) is 22.4 Å². The van der Waals surface area contributed by atoms with Crippen LogP contribution in [0.4, 0.5) is 11.8 Å². The van der Waals surface area contributed by atoms with Crippen LogP contribution in [-0.4, -0.2) is 27.6 Å². The second-order valence-electron chi connectivity index (χ2n) is 2.50. The summed E-state index contributed by atoms with van der Waals surface area (Å²) in [6, 6.07) is 1.47. The fraction of sp³-hybridized carbons (Fsp3) is 0.286. The maximum atomic E-state index is 10.2. The number of carbonyl (C=O) groups is 1. The molecule has 6 nitrogen and oxygen atoms in total. The Morgan fingerprint density at radius 1 is 1.64 bits per heavy atom. The van der Waals surface area contributed by atoms with Gasteiger partial charge < -0.3 is 16.2 Å². The average Bonchev–Trinajstić information content (AvgIpc) is 2.01. The van der Waals surface area contributed by atoms with Crippen molar-refractivity contribution in [2.45, 2.75) is 6.42 Å². The number of nitrogens with two attached hydrogens (primary N) is 1. The lowest BCUT2D eigenvalue weighted by Gasteiger charge is -2.03. The van der Waals surface area contributed by atoms with Crippen molar-refractivity contribution in [1.29, 1.82) is 0 Å². The van der Waals surface area contributed by atoms with Crippen molar-refractivity contribution in [3.05, 3.63) is 11.2 Å². The first-order valence-corrected chi connectivity index (χ1v) is 4.21. The van der Waals surface area contributed by atoms with Gasteiger partial charge in [-0.1, -0.05) is 11.6 Å². The number of nitrogens with zero attached hydrogens (tertiary/aromatic N) is 2. The molecule has 0 fully saturated rings. The van der Waals surface area contributed by atoms with Gasteiger partial charge in [-0.15, -0.1) is 0 Å². The molecule has 1 aromatic rings. The Hall–Kier alpha value is -1.56. The van der Waals surface area contributed by atoms with Gasteiger partial charge in [0, 0.05) is 12.6 Å². The molecule has 0 amide bonds. The number of aliphatic carboxylic acids is 1. The Morgan fingerprint density at radius 2 is 2.36 bits per heavy atom. The second-order valence-corrected chi connectivity index (χ2v) is 2.89. The zero-order valence-electron chi connectivity index (χ0n) is 7.20. The summed E-state index contributed by atoms with van der Waals surface area (Å²) in [5.74, 6) is -0.412. The number of nitrogens with one attached hydrogen (secondary N) is 1. The zero-order chi connectivity index (χ0) is 10.6. The third kappa shape index (κ3) is 3.44. The van der Waals surface area contributed by atoms with Gasteiger partial charge in [-0.2, -0.15) is 4.98 Å². The maximum absolute atomic E-state index is 10.2. The number of nitrogen functional groups attached to an aromatic ring is 1. The molecule has 0 radical (unpaired) electrons. The van der Waals surface area contributed by atoms with Gasteiger partial charge in [0.2, 0.25) is 5.95 Å². The number of aromatic nitrogens is 2. The summed E-state index contributed by atoms with van der Waals surface area (Å²) in [4.78, 5) is 17.7. The highest BCUT2D eigenvalue weighted by Gasteiger charge is 2.01. The normalized spacial score (nSPS) is 9.79. The van der Waals surface area contributed by atoms with Crippen LogP contribution in [0, 0.1) is 0 Å². The molecule has 0 atom stereocenters. The van der Waals surface area contributed by atoms with Crippen molar-refractivity contribution >= 4 is 29.3 Å². The Morgan fingerprint density at radius 3 is 2.93 bits per heavy atom. The van der Waals surface area contributed by atoms with E-state index in [-0.39, 0.29) is 24.1 Å². The molecule has 7 heteroatoms. The van der Waals surface area contributed by atoms with Crippen molar-refractivity contribution in [3.8, 4) is 0 Å². The topological polar surface area (TPSA) is 101 Å². The van der Waals surface area contributed by atoms with Crippen LogP contribution in [0.15, 0.2) is 6.07 Å². The summed E-state index contributed by atoms with van der Waals surface area (Å²) in [7, 11) is 0. The lowest BCUT2D eigenvalue weighted by Crippen LogP contribution is -2.09. The quantitative estimate of drug-likeness (QED) is 0.637. The number of anilines is 2. The van der Waals surface area contributed by atoms with E-state index in [0.29, 0.717) is 5.82 Å². The number of hydrogen-bond donors (Lipinski definition) is 3. The fourth-order valence-corrected chi connectivity index (χ4v) is 1.01. The Balaban J connectivity index is 2.54. The fourth-order valence-electron chi connectivity index (χ4n) is 0.823. The molecule has 0 bridgehead atoms. The van der Waals surface area contributed by atoms with Crippen LogP contribution in [-0.2, 0) is 4.79 Å². The summed E-state index contributed by atoms with van der Waals surface area (Å²) >= 11 is 5.60. The number of halogens is 1. The van der Waals surface area contributed by atoms with E-state index in [9.17, 15) is 4.79 Å². The highest BCUT2D eigenvalue weighted by molar-refractivity contribution is 6.29. The lowest BCUT2D eigenvalue weighted by atomic mass is 10.4. The van der Waals surface area contributed by atoms with Gasteiger partial charge >= 0.3 is 5.97 Å². The zero-order valence-corrected chi connectivity index (χ0v) is 7.95. The Bertz CT molecular complexity index is 324. The van der Waals surface area contributed by atoms with Gasteiger partial charge in [-0.05, 0) is 0 Å². The molecule has 0 unspecified atom stereocenters. The minimum Gasteiger partial charge on any atom is -0.481 e. The van der Waals surface area contributed by atoms with Gasteiger partial charge in [-0.3, -0.25) is 4.79 Å². The van der Waals surface area contributed by atoms with Crippen molar-refractivity contribution in [3.63, 3.8) is 0 Å². The molecule has 0 saturated carbocycles. The monoisotopic (exact) mass is 216 g/mol. The highest BCUT2D eigenvalue weighted by Crippen LogP contribution is 2.11. The smallest absolute Gasteiger partial charge is 0.305 e. The van der Waals surface area contributed by atoms with E-state index >= 15 is 0 Å². The largest absolute Gasteiger partial charge is 0.481 e. The van der Waals surface area contributed by atoms with Gasteiger partial charge in [0.05, 0.1) is 6.42 Å². The number of carboxylic acids is 1. The minimum absolute atomic E-state index is 0.00151. The third-order valence-corrected chi connectivity index (χ3v) is 1.55. The van der Waals surface area contributed by atoms with Crippen LogP contribution in [0.3, 0.4) is 0 Å². The molecule has 1 rings (SSSR count). The molecule has 1 aromatic heterocycles. The molecular formula is C7H9ClN4O2. The minimum atomic E-state index is -0.884. The lowest BCUT2D eigenvalue weighted by molar-refractivity contribution is -0.136. The predicted octanol–water partition coefficient (Wildman–Crippen LogP) is 0.599. The van der Waals surface area contributed by atoms with Crippen LogP contribution in [0.2, 0.25) is 5.15 Å². The van der Waals surface area contributed by atoms with Gasteiger partial charge in [0.25, 0.3) is 0 Å². The molecule has 4 N–H and O–H groups in total. The Labute approximate surface area is 85.1 Å². The van der Waals surface area contributed by atoms with Crippen LogP contribution >= 0.6 is 11.6 Å². The molecule has 0 aliphatic rings. The molecule has 1 heterocycles. The summed E-state index contributed by atoms with van der Waals surface area (Å²) in [6.07, 6.45) is 0.00151.